The molecule has 1 heterocycles. The number of methoxy groups -OCH3 is 1. The minimum Gasteiger partial charge on any atom is -0.497 e. The summed E-state index contributed by atoms with van der Waals surface area (Å²) in [5, 5.41) is 10.9. The van der Waals surface area contributed by atoms with Gasteiger partial charge in [0.05, 0.1) is 19.6 Å². The first-order valence-electron chi connectivity index (χ1n) is 6.34. The predicted molar refractivity (Wildman–Crippen MR) is 76.4 cm³/mol. The van der Waals surface area contributed by atoms with Crippen molar-refractivity contribution >= 4 is 16.6 Å². The second-order valence-corrected chi connectivity index (χ2v) is 4.21. The number of anilines is 1. The molecule has 4 nitrogen and oxygen atoms in total. The Hall–Kier alpha value is -2.28. The van der Waals surface area contributed by atoms with Gasteiger partial charge in [0, 0.05) is 24.7 Å². The fourth-order valence-electron chi connectivity index (χ4n) is 2.11. The van der Waals surface area contributed by atoms with Crippen LogP contribution in [0.4, 0.5) is 5.82 Å². The number of aromatic nitrogens is 1. The second-order valence-electron chi connectivity index (χ2n) is 4.21. The Bertz CT molecular complexity index is 604. The van der Waals surface area contributed by atoms with Crippen molar-refractivity contribution in [2.75, 3.05) is 25.1 Å². The van der Waals surface area contributed by atoms with Crippen LogP contribution in [0.1, 0.15) is 13.3 Å². The SMILES string of the molecule is CCN(CCC#N)c1nccc2ccc(OC)cc12. The largest absolute Gasteiger partial charge is 0.497 e. The quantitative estimate of drug-likeness (QED) is 0.824. The molecule has 19 heavy (non-hydrogen) atoms. The summed E-state index contributed by atoms with van der Waals surface area (Å²) in [4.78, 5) is 6.58. The van der Waals surface area contributed by atoms with Gasteiger partial charge in [-0.05, 0) is 30.5 Å². The van der Waals surface area contributed by atoms with Crippen LogP contribution in [0.25, 0.3) is 10.8 Å². The average molecular weight is 255 g/mol. The van der Waals surface area contributed by atoms with Crippen LogP contribution < -0.4 is 9.64 Å². The Morgan fingerprint density at radius 2 is 2.21 bits per heavy atom. The van der Waals surface area contributed by atoms with Gasteiger partial charge in [0.1, 0.15) is 11.6 Å². The van der Waals surface area contributed by atoms with E-state index in [4.69, 9.17) is 10.00 Å². The average Bonchev–Trinajstić information content (AvgIpc) is 2.47. The normalized spacial score (nSPS) is 10.2. The number of benzene rings is 1. The van der Waals surface area contributed by atoms with Gasteiger partial charge in [0.25, 0.3) is 0 Å². The van der Waals surface area contributed by atoms with E-state index in [2.05, 4.69) is 22.9 Å². The number of nitrogens with zero attached hydrogens (tertiary/aromatic N) is 3. The molecule has 1 aromatic heterocycles. The van der Waals surface area contributed by atoms with Crippen molar-refractivity contribution in [2.24, 2.45) is 0 Å². The van der Waals surface area contributed by atoms with E-state index >= 15 is 0 Å². The Labute approximate surface area is 113 Å². The highest BCUT2D eigenvalue weighted by Gasteiger charge is 2.10. The molecule has 0 spiro atoms. The highest BCUT2D eigenvalue weighted by molar-refractivity contribution is 5.93. The van der Waals surface area contributed by atoms with Crippen LogP contribution in [0.5, 0.6) is 5.75 Å². The molecule has 0 aliphatic rings. The van der Waals surface area contributed by atoms with Gasteiger partial charge >= 0.3 is 0 Å². The molecule has 0 aliphatic carbocycles. The standard InChI is InChI=1S/C15H17N3O/c1-3-18(10-4-8-16)15-14-11-13(19-2)6-5-12(14)7-9-17-15/h5-7,9,11H,3-4,10H2,1-2H3. The van der Waals surface area contributed by atoms with Crippen LogP contribution in [-0.2, 0) is 0 Å². The summed E-state index contributed by atoms with van der Waals surface area (Å²) in [5.41, 5.74) is 0. The monoisotopic (exact) mass is 255 g/mol. The minimum atomic E-state index is 0.496. The molecular formula is C15H17N3O. The molecule has 2 aromatic rings. The third-order valence-electron chi connectivity index (χ3n) is 3.13. The number of nitriles is 1. The lowest BCUT2D eigenvalue weighted by Gasteiger charge is -2.22. The van der Waals surface area contributed by atoms with Crippen molar-refractivity contribution in [3.63, 3.8) is 0 Å². The minimum absolute atomic E-state index is 0.496. The fraction of sp³-hybridized carbons (Fsp3) is 0.333. The van der Waals surface area contributed by atoms with Crippen molar-refractivity contribution in [1.29, 1.82) is 5.26 Å². The molecule has 0 saturated heterocycles. The zero-order valence-electron chi connectivity index (χ0n) is 11.3. The van der Waals surface area contributed by atoms with Crippen LogP contribution in [0, 0.1) is 11.3 Å². The molecule has 0 aliphatic heterocycles. The number of hydrogen-bond acceptors (Lipinski definition) is 4. The molecule has 98 valence electrons. The number of pyridine rings is 1. The Balaban J connectivity index is 2.48. The van der Waals surface area contributed by atoms with E-state index in [1.807, 2.05) is 24.3 Å². The molecule has 0 amide bonds. The number of fused-ring (bicyclic) bond motifs is 1. The molecule has 0 atom stereocenters. The van der Waals surface area contributed by atoms with E-state index < -0.39 is 0 Å². The third-order valence-corrected chi connectivity index (χ3v) is 3.13. The molecular weight excluding hydrogens is 238 g/mol. The highest BCUT2D eigenvalue weighted by Crippen LogP contribution is 2.28. The van der Waals surface area contributed by atoms with Crippen LogP contribution >= 0.6 is 0 Å². The molecule has 0 radical (unpaired) electrons. The molecule has 0 unspecified atom stereocenters. The summed E-state index contributed by atoms with van der Waals surface area (Å²) in [7, 11) is 1.66. The van der Waals surface area contributed by atoms with Crippen molar-refractivity contribution in [2.45, 2.75) is 13.3 Å². The maximum absolute atomic E-state index is 8.74. The van der Waals surface area contributed by atoms with Gasteiger partial charge < -0.3 is 9.64 Å². The van der Waals surface area contributed by atoms with Gasteiger partial charge in [-0.15, -0.1) is 0 Å². The zero-order chi connectivity index (χ0) is 13.7. The molecule has 2 rings (SSSR count). The Morgan fingerprint density at radius 3 is 2.89 bits per heavy atom. The predicted octanol–water partition coefficient (Wildman–Crippen LogP) is 2.98. The summed E-state index contributed by atoms with van der Waals surface area (Å²) in [6.07, 6.45) is 2.30. The van der Waals surface area contributed by atoms with E-state index in [0.717, 1.165) is 28.9 Å². The summed E-state index contributed by atoms with van der Waals surface area (Å²) < 4.78 is 5.27. The van der Waals surface area contributed by atoms with E-state index in [1.165, 1.54) is 0 Å². The lowest BCUT2D eigenvalue weighted by molar-refractivity contribution is 0.415. The zero-order valence-corrected chi connectivity index (χ0v) is 11.3. The molecule has 0 bridgehead atoms. The first-order chi connectivity index (χ1) is 9.30. The number of hydrogen-bond donors (Lipinski definition) is 0. The summed E-state index contributed by atoms with van der Waals surface area (Å²) in [6.45, 7) is 3.58. The lowest BCUT2D eigenvalue weighted by atomic mass is 10.1. The second kappa shape index (κ2) is 6.05. The fourth-order valence-corrected chi connectivity index (χ4v) is 2.11. The van der Waals surface area contributed by atoms with Gasteiger partial charge in [-0.25, -0.2) is 4.98 Å². The van der Waals surface area contributed by atoms with Crippen LogP contribution in [0.15, 0.2) is 30.5 Å². The first kappa shape index (κ1) is 13.2. The van der Waals surface area contributed by atoms with Crippen molar-refractivity contribution < 1.29 is 4.74 Å². The van der Waals surface area contributed by atoms with Crippen LogP contribution in [0.2, 0.25) is 0 Å². The van der Waals surface area contributed by atoms with E-state index in [9.17, 15) is 0 Å². The van der Waals surface area contributed by atoms with E-state index in [-0.39, 0.29) is 0 Å². The van der Waals surface area contributed by atoms with Gasteiger partial charge in [-0.3, -0.25) is 0 Å². The summed E-state index contributed by atoms with van der Waals surface area (Å²) in [6, 6.07) is 10.1. The topological polar surface area (TPSA) is 49.2 Å². The van der Waals surface area contributed by atoms with Crippen molar-refractivity contribution in [3.8, 4) is 11.8 Å². The maximum atomic E-state index is 8.74. The Kier molecular flexibility index (Phi) is 4.19. The number of ether oxygens (including phenoxy) is 1. The third kappa shape index (κ3) is 2.76. The molecule has 0 fully saturated rings. The van der Waals surface area contributed by atoms with Crippen molar-refractivity contribution in [1.82, 2.24) is 4.98 Å². The highest BCUT2D eigenvalue weighted by atomic mass is 16.5. The molecule has 0 saturated carbocycles. The van der Waals surface area contributed by atoms with Crippen molar-refractivity contribution in [3.05, 3.63) is 30.5 Å². The molecule has 1 aromatic carbocycles. The smallest absolute Gasteiger partial charge is 0.136 e. The number of rotatable bonds is 5. The lowest BCUT2D eigenvalue weighted by Crippen LogP contribution is -2.24. The maximum Gasteiger partial charge on any atom is 0.136 e. The molecule has 0 N–H and O–H groups in total. The summed E-state index contributed by atoms with van der Waals surface area (Å²) >= 11 is 0. The van der Waals surface area contributed by atoms with Gasteiger partial charge in [-0.2, -0.15) is 5.26 Å². The van der Waals surface area contributed by atoms with Gasteiger partial charge in [0.2, 0.25) is 0 Å². The first-order valence-corrected chi connectivity index (χ1v) is 6.34. The van der Waals surface area contributed by atoms with E-state index in [0.29, 0.717) is 13.0 Å². The van der Waals surface area contributed by atoms with Crippen LogP contribution in [-0.4, -0.2) is 25.2 Å². The Morgan fingerprint density at radius 1 is 1.37 bits per heavy atom. The van der Waals surface area contributed by atoms with Gasteiger partial charge in [-0.1, -0.05) is 6.07 Å². The molecule has 4 heteroatoms. The van der Waals surface area contributed by atoms with Crippen LogP contribution in [0.3, 0.4) is 0 Å². The van der Waals surface area contributed by atoms with Gasteiger partial charge in [0.15, 0.2) is 0 Å². The van der Waals surface area contributed by atoms with E-state index in [1.54, 1.807) is 13.3 Å². The summed E-state index contributed by atoms with van der Waals surface area (Å²) in [5.74, 6) is 1.73.